The van der Waals surface area contributed by atoms with Gasteiger partial charge in [0.2, 0.25) is 0 Å². The zero-order valence-electron chi connectivity index (χ0n) is 19.1. The van der Waals surface area contributed by atoms with E-state index in [1.807, 2.05) is 31.4 Å². The highest BCUT2D eigenvalue weighted by Gasteiger charge is 2.30. The number of aromatic amines is 2. The van der Waals surface area contributed by atoms with Gasteiger partial charge in [0, 0.05) is 46.4 Å². The van der Waals surface area contributed by atoms with E-state index in [-0.39, 0.29) is 17.4 Å². The lowest BCUT2D eigenvalue weighted by atomic mass is 9.88. The molecule has 0 aliphatic heterocycles. The zero-order chi connectivity index (χ0) is 24.3. The molecule has 1 aliphatic rings. The highest BCUT2D eigenvalue weighted by atomic mass is 32.1. The van der Waals surface area contributed by atoms with E-state index < -0.39 is 5.97 Å². The molecule has 35 heavy (non-hydrogen) atoms. The van der Waals surface area contributed by atoms with Crippen molar-refractivity contribution in [3.05, 3.63) is 87.4 Å². The van der Waals surface area contributed by atoms with E-state index in [0.717, 1.165) is 33.3 Å². The third-order valence-corrected chi connectivity index (χ3v) is 7.33. The maximum Gasteiger partial charge on any atom is 0.352 e. The van der Waals surface area contributed by atoms with Crippen LogP contribution in [0.5, 0.6) is 0 Å². The molecule has 0 bridgehead atoms. The molecule has 0 spiro atoms. The van der Waals surface area contributed by atoms with E-state index in [1.165, 1.54) is 17.7 Å². The van der Waals surface area contributed by atoms with Gasteiger partial charge in [-0.3, -0.25) is 4.98 Å². The summed E-state index contributed by atoms with van der Waals surface area (Å²) in [7, 11) is 0. The number of fused-ring (bicyclic) bond motifs is 2. The fraction of sp³-hybridized carbons (Fsp3) is 0.143. The van der Waals surface area contributed by atoms with Crippen LogP contribution in [0.2, 0.25) is 0 Å². The molecular formula is C28H22FN3O2S. The van der Waals surface area contributed by atoms with Gasteiger partial charge in [0.05, 0.1) is 11.4 Å². The summed E-state index contributed by atoms with van der Waals surface area (Å²) in [6.07, 6.45) is 6.32. The predicted molar refractivity (Wildman–Crippen MR) is 138 cm³/mol. The van der Waals surface area contributed by atoms with Crippen molar-refractivity contribution in [3.63, 3.8) is 0 Å². The van der Waals surface area contributed by atoms with Crippen LogP contribution >= 0.6 is 11.3 Å². The number of pyridine rings is 1. The van der Waals surface area contributed by atoms with Crippen LogP contribution < -0.4 is 0 Å². The molecule has 5 nitrogen and oxygen atoms in total. The maximum absolute atomic E-state index is 14.6. The number of aromatic nitrogens is 3. The molecular weight excluding hydrogens is 461 g/mol. The normalized spacial score (nSPS) is 13.0. The highest BCUT2D eigenvalue weighted by molar-refractivity contribution is 7.08. The van der Waals surface area contributed by atoms with Gasteiger partial charge in [0.25, 0.3) is 0 Å². The lowest BCUT2D eigenvalue weighted by molar-refractivity contribution is 0.0692. The van der Waals surface area contributed by atoms with Crippen LogP contribution in [0, 0.1) is 5.82 Å². The van der Waals surface area contributed by atoms with Crippen LogP contribution in [0.3, 0.4) is 0 Å². The Morgan fingerprint density at radius 1 is 1.20 bits per heavy atom. The number of halogens is 1. The molecule has 0 unspecified atom stereocenters. The average Bonchev–Trinajstić information content (AvgIpc) is 3.62. The second-order valence-electron chi connectivity index (χ2n) is 9.09. The molecule has 0 amide bonds. The first-order valence-corrected chi connectivity index (χ1v) is 12.3. The summed E-state index contributed by atoms with van der Waals surface area (Å²) in [5.41, 5.74) is 8.53. The van der Waals surface area contributed by atoms with Crippen LogP contribution in [0.1, 0.15) is 52.6 Å². The van der Waals surface area contributed by atoms with E-state index in [4.69, 9.17) is 0 Å². The van der Waals surface area contributed by atoms with E-state index >= 15 is 0 Å². The fourth-order valence-electron chi connectivity index (χ4n) is 5.16. The lowest BCUT2D eigenvalue weighted by Crippen LogP contribution is -2.02. The summed E-state index contributed by atoms with van der Waals surface area (Å²) in [5, 5.41) is 15.2. The number of thiophene rings is 1. The molecule has 4 aromatic heterocycles. The predicted octanol–water partition coefficient (Wildman–Crippen LogP) is 7.34. The number of hydrogen-bond donors (Lipinski definition) is 3. The largest absolute Gasteiger partial charge is 0.477 e. The second-order valence-corrected chi connectivity index (χ2v) is 9.87. The SMILES string of the molecule is CC(C)c1c(-c2cc(F)cc3[nH]ccc23)[nH]c(C(=O)O)c1-c1ccnc2c1C=C(c1ccsc1)C2. The molecule has 174 valence electrons. The third kappa shape index (κ3) is 3.42. The van der Waals surface area contributed by atoms with Crippen LogP contribution in [0.25, 0.3) is 44.9 Å². The van der Waals surface area contributed by atoms with E-state index in [9.17, 15) is 14.3 Å². The number of carboxylic acid groups (broad SMARTS) is 1. The maximum atomic E-state index is 14.6. The van der Waals surface area contributed by atoms with Crippen molar-refractivity contribution >= 4 is 39.9 Å². The molecule has 0 fully saturated rings. The van der Waals surface area contributed by atoms with Crippen molar-refractivity contribution in [1.82, 2.24) is 15.0 Å². The van der Waals surface area contributed by atoms with Crippen molar-refractivity contribution in [2.75, 3.05) is 0 Å². The Hall–Kier alpha value is -3.97. The summed E-state index contributed by atoms with van der Waals surface area (Å²) in [6, 6.07) is 8.77. The van der Waals surface area contributed by atoms with Gasteiger partial charge >= 0.3 is 5.97 Å². The van der Waals surface area contributed by atoms with Crippen molar-refractivity contribution in [2.24, 2.45) is 0 Å². The first-order valence-electron chi connectivity index (χ1n) is 11.4. The van der Waals surface area contributed by atoms with E-state index in [2.05, 4.69) is 32.5 Å². The van der Waals surface area contributed by atoms with Gasteiger partial charge < -0.3 is 15.1 Å². The summed E-state index contributed by atoms with van der Waals surface area (Å²) < 4.78 is 14.6. The molecule has 3 N–H and O–H groups in total. The lowest BCUT2D eigenvalue weighted by Gasteiger charge is -2.14. The Labute approximate surface area is 205 Å². The Kier molecular flexibility index (Phi) is 4.96. The molecule has 1 aliphatic carbocycles. The Balaban J connectivity index is 1.64. The van der Waals surface area contributed by atoms with E-state index in [1.54, 1.807) is 23.7 Å². The number of carbonyl (C=O) groups is 1. The van der Waals surface area contributed by atoms with Gasteiger partial charge in [-0.05, 0) is 75.3 Å². The molecule has 4 heterocycles. The fourth-order valence-corrected chi connectivity index (χ4v) is 5.84. The Bertz CT molecular complexity index is 1640. The van der Waals surface area contributed by atoms with Crippen LogP contribution in [-0.4, -0.2) is 26.0 Å². The standard InChI is InChI=1S/C28H22FN3O2S/c1-14(2)24-25(19-4-7-30-22-10-16(9-20(19)22)15-5-8-35-13-15)27(28(33)34)32-26(24)21-11-17(29)12-23-18(21)3-6-31-23/h3-9,11-14,31-32H,10H2,1-2H3,(H,33,34). The van der Waals surface area contributed by atoms with Gasteiger partial charge in [-0.25, -0.2) is 9.18 Å². The molecule has 1 aromatic carbocycles. The van der Waals surface area contributed by atoms with Crippen LogP contribution in [-0.2, 0) is 6.42 Å². The molecule has 6 rings (SSSR count). The number of rotatable bonds is 5. The van der Waals surface area contributed by atoms with Crippen LogP contribution in [0.4, 0.5) is 4.39 Å². The number of allylic oxidation sites excluding steroid dienone is 1. The van der Waals surface area contributed by atoms with Gasteiger partial charge in [-0.15, -0.1) is 0 Å². The monoisotopic (exact) mass is 483 g/mol. The Morgan fingerprint density at radius 3 is 2.80 bits per heavy atom. The van der Waals surface area contributed by atoms with Gasteiger partial charge in [-0.1, -0.05) is 13.8 Å². The van der Waals surface area contributed by atoms with Crippen molar-refractivity contribution in [2.45, 2.75) is 26.2 Å². The van der Waals surface area contributed by atoms with Crippen molar-refractivity contribution in [1.29, 1.82) is 0 Å². The number of H-pyrrole nitrogens is 2. The number of hydrogen-bond acceptors (Lipinski definition) is 3. The molecule has 5 aromatic rings. The highest BCUT2D eigenvalue weighted by Crippen LogP contribution is 2.45. The van der Waals surface area contributed by atoms with E-state index in [0.29, 0.717) is 28.8 Å². The minimum absolute atomic E-state index is 0.0212. The second kappa shape index (κ2) is 8.06. The number of benzene rings is 1. The topological polar surface area (TPSA) is 81.8 Å². The van der Waals surface area contributed by atoms with Crippen molar-refractivity contribution < 1.29 is 14.3 Å². The first-order chi connectivity index (χ1) is 16.9. The minimum atomic E-state index is -1.06. The molecule has 7 heteroatoms. The summed E-state index contributed by atoms with van der Waals surface area (Å²) >= 11 is 1.65. The smallest absolute Gasteiger partial charge is 0.352 e. The summed E-state index contributed by atoms with van der Waals surface area (Å²) in [4.78, 5) is 23.3. The van der Waals surface area contributed by atoms with Crippen molar-refractivity contribution in [3.8, 4) is 22.4 Å². The summed E-state index contributed by atoms with van der Waals surface area (Å²) in [5.74, 6) is -1.46. The first kappa shape index (κ1) is 21.6. The number of nitrogens with zero attached hydrogens (tertiary/aromatic N) is 1. The molecule has 0 atom stereocenters. The van der Waals surface area contributed by atoms with Gasteiger partial charge in [-0.2, -0.15) is 11.3 Å². The molecule has 0 radical (unpaired) electrons. The number of carboxylic acids is 1. The average molecular weight is 484 g/mol. The van der Waals surface area contributed by atoms with Gasteiger partial charge in [0.15, 0.2) is 0 Å². The zero-order valence-corrected chi connectivity index (χ0v) is 20.0. The molecule has 0 saturated heterocycles. The quantitative estimate of drug-likeness (QED) is 0.244. The minimum Gasteiger partial charge on any atom is -0.477 e. The number of nitrogens with one attached hydrogen (secondary N) is 2. The molecule has 0 saturated carbocycles. The Morgan fingerprint density at radius 2 is 2.06 bits per heavy atom. The third-order valence-electron chi connectivity index (χ3n) is 6.64. The van der Waals surface area contributed by atoms with Crippen LogP contribution in [0.15, 0.2) is 53.5 Å². The number of aromatic carboxylic acids is 1. The summed E-state index contributed by atoms with van der Waals surface area (Å²) in [6.45, 7) is 4.06. The van der Waals surface area contributed by atoms with Gasteiger partial charge in [0.1, 0.15) is 11.5 Å².